The summed E-state index contributed by atoms with van der Waals surface area (Å²) in [6, 6.07) is 8.43. The van der Waals surface area contributed by atoms with E-state index in [1.165, 1.54) is 18.4 Å². The molecule has 0 aliphatic rings. The molecule has 0 saturated carbocycles. The molecule has 0 aliphatic carbocycles. The normalized spacial score (nSPS) is 14.5. The molecule has 1 rings (SSSR count). The van der Waals surface area contributed by atoms with Gasteiger partial charge in [-0.3, -0.25) is 0 Å². The molecule has 0 aromatic heterocycles. The lowest BCUT2D eigenvalue weighted by Crippen LogP contribution is -2.30. The van der Waals surface area contributed by atoms with E-state index in [1.54, 1.807) is 7.11 Å². The predicted octanol–water partition coefficient (Wildman–Crippen LogP) is 3.00. The van der Waals surface area contributed by atoms with E-state index >= 15 is 0 Å². The van der Waals surface area contributed by atoms with Crippen molar-refractivity contribution in [2.45, 2.75) is 39.2 Å². The van der Waals surface area contributed by atoms with Crippen molar-refractivity contribution >= 4 is 0 Å². The fraction of sp³-hybridized carbons (Fsp3) is 0.571. The van der Waals surface area contributed by atoms with E-state index in [0.29, 0.717) is 5.92 Å². The predicted molar refractivity (Wildman–Crippen MR) is 68.7 cm³/mol. The van der Waals surface area contributed by atoms with E-state index in [2.05, 4.69) is 26.0 Å². The van der Waals surface area contributed by atoms with Gasteiger partial charge in [-0.1, -0.05) is 32.4 Å². The Morgan fingerprint density at radius 3 is 2.38 bits per heavy atom. The van der Waals surface area contributed by atoms with Crippen LogP contribution >= 0.6 is 0 Å². The topological polar surface area (TPSA) is 35.2 Å². The average molecular weight is 221 g/mol. The number of hydrogen-bond donors (Lipinski definition) is 1. The standard InChI is InChI=1S/C14H23NO/c1-4-5-11(2)14(15)10-12-6-8-13(16-3)9-7-12/h6-9,11,14H,4-5,10,15H2,1-3H3. The van der Waals surface area contributed by atoms with Crippen molar-refractivity contribution in [2.24, 2.45) is 11.7 Å². The molecule has 2 unspecified atom stereocenters. The van der Waals surface area contributed by atoms with Crippen molar-refractivity contribution in [2.75, 3.05) is 7.11 Å². The molecule has 2 atom stereocenters. The van der Waals surface area contributed by atoms with Gasteiger partial charge in [0.05, 0.1) is 7.11 Å². The van der Waals surface area contributed by atoms with E-state index < -0.39 is 0 Å². The Labute approximate surface area is 98.8 Å². The van der Waals surface area contributed by atoms with Gasteiger partial charge in [0.1, 0.15) is 5.75 Å². The van der Waals surface area contributed by atoms with E-state index in [9.17, 15) is 0 Å². The molecule has 2 heteroatoms. The molecule has 0 bridgehead atoms. The molecule has 0 aliphatic heterocycles. The third-order valence-corrected chi connectivity index (χ3v) is 3.11. The molecule has 1 aromatic rings. The summed E-state index contributed by atoms with van der Waals surface area (Å²) < 4.78 is 5.13. The van der Waals surface area contributed by atoms with Crippen molar-refractivity contribution in [3.8, 4) is 5.75 Å². The van der Waals surface area contributed by atoms with Gasteiger partial charge in [-0.2, -0.15) is 0 Å². The molecular formula is C14H23NO. The van der Waals surface area contributed by atoms with Crippen LogP contribution in [0.2, 0.25) is 0 Å². The summed E-state index contributed by atoms with van der Waals surface area (Å²) in [5, 5.41) is 0. The lowest BCUT2D eigenvalue weighted by atomic mass is 9.92. The molecular weight excluding hydrogens is 198 g/mol. The molecule has 0 saturated heterocycles. The van der Waals surface area contributed by atoms with E-state index in [-0.39, 0.29) is 6.04 Å². The number of ether oxygens (including phenoxy) is 1. The van der Waals surface area contributed by atoms with Gasteiger partial charge in [-0.25, -0.2) is 0 Å². The highest BCUT2D eigenvalue weighted by molar-refractivity contribution is 5.27. The van der Waals surface area contributed by atoms with Crippen molar-refractivity contribution in [3.05, 3.63) is 29.8 Å². The van der Waals surface area contributed by atoms with E-state index in [1.807, 2.05) is 12.1 Å². The molecule has 0 fully saturated rings. The summed E-state index contributed by atoms with van der Waals surface area (Å²) in [6.07, 6.45) is 3.36. The minimum absolute atomic E-state index is 0.258. The van der Waals surface area contributed by atoms with Gasteiger partial charge in [0.15, 0.2) is 0 Å². The molecule has 0 radical (unpaired) electrons. The second kappa shape index (κ2) is 6.54. The molecule has 2 N–H and O–H groups in total. The highest BCUT2D eigenvalue weighted by Gasteiger charge is 2.12. The third-order valence-electron chi connectivity index (χ3n) is 3.11. The Morgan fingerprint density at radius 1 is 1.25 bits per heavy atom. The number of nitrogens with two attached hydrogens (primary N) is 1. The van der Waals surface area contributed by atoms with Crippen LogP contribution in [-0.2, 0) is 6.42 Å². The average Bonchev–Trinajstić information content (AvgIpc) is 2.30. The quantitative estimate of drug-likeness (QED) is 0.801. The number of rotatable bonds is 6. The van der Waals surface area contributed by atoms with Crippen LogP contribution in [0.3, 0.4) is 0 Å². The summed E-state index contributed by atoms with van der Waals surface area (Å²) in [6.45, 7) is 4.44. The second-order valence-corrected chi connectivity index (χ2v) is 4.48. The summed E-state index contributed by atoms with van der Waals surface area (Å²) in [5.74, 6) is 1.49. The number of methoxy groups -OCH3 is 1. The zero-order chi connectivity index (χ0) is 12.0. The first kappa shape index (κ1) is 13.0. The van der Waals surface area contributed by atoms with Crippen LogP contribution < -0.4 is 10.5 Å². The van der Waals surface area contributed by atoms with Gasteiger partial charge < -0.3 is 10.5 Å². The van der Waals surface area contributed by atoms with Crippen LogP contribution in [0, 0.1) is 5.92 Å². The smallest absolute Gasteiger partial charge is 0.118 e. The maximum absolute atomic E-state index is 6.17. The minimum atomic E-state index is 0.258. The van der Waals surface area contributed by atoms with Crippen molar-refractivity contribution in [3.63, 3.8) is 0 Å². The summed E-state index contributed by atoms with van der Waals surface area (Å²) in [5.41, 5.74) is 7.46. The fourth-order valence-electron chi connectivity index (χ4n) is 1.90. The zero-order valence-corrected chi connectivity index (χ0v) is 10.6. The molecule has 16 heavy (non-hydrogen) atoms. The van der Waals surface area contributed by atoms with E-state index in [0.717, 1.165) is 12.2 Å². The fourth-order valence-corrected chi connectivity index (χ4v) is 1.90. The van der Waals surface area contributed by atoms with Crippen molar-refractivity contribution in [1.82, 2.24) is 0 Å². The molecule has 2 nitrogen and oxygen atoms in total. The van der Waals surface area contributed by atoms with Gasteiger partial charge >= 0.3 is 0 Å². The third kappa shape index (κ3) is 3.86. The summed E-state index contributed by atoms with van der Waals surface area (Å²) in [7, 11) is 1.68. The molecule has 1 aromatic carbocycles. The van der Waals surface area contributed by atoms with E-state index in [4.69, 9.17) is 10.5 Å². The van der Waals surface area contributed by atoms with Crippen molar-refractivity contribution in [1.29, 1.82) is 0 Å². The largest absolute Gasteiger partial charge is 0.497 e. The highest BCUT2D eigenvalue weighted by atomic mass is 16.5. The maximum Gasteiger partial charge on any atom is 0.118 e. The maximum atomic E-state index is 6.17. The first-order chi connectivity index (χ1) is 7.67. The number of benzene rings is 1. The minimum Gasteiger partial charge on any atom is -0.497 e. The SMILES string of the molecule is CCCC(C)C(N)Cc1ccc(OC)cc1. The van der Waals surface area contributed by atoms with Crippen molar-refractivity contribution < 1.29 is 4.74 Å². The van der Waals surface area contributed by atoms with Crippen LogP contribution in [-0.4, -0.2) is 13.2 Å². The summed E-state index contributed by atoms with van der Waals surface area (Å²) in [4.78, 5) is 0. The monoisotopic (exact) mass is 221 g/mol. The Kier molecular flexibility index (Phi) is 5.33. The first-order valence-corrected chi connectivity index (χ1v) is 6.05. The summed E-state index contributed by atoms with van der Waals surface area (Å²) >= 11 is 0. The Morgan fingerprint density at radius 2 is 1.88 bits per heavy atom. The Bertz CT molecular complexity index is 294. The number of hydrogen-bond acceptors (Lipinski definition) is 2. The molecule has 90 valence electrons. The van der Waals surface area contributed by atoms with Gasteiger partial charge in [0, 0.05) is 6.04 Å². The van der Waals surface area contributed by atoms with Crippen LogP contribution in [0.4, 0.5) is 0 Å². The van der Waals surface area contributed by atoms with Crippen LogP contribution in [0.25, 0.3) is 0 Å². The Balaban J connectivity index is 2.52. The zero-order valence-electron chi connectivity index (χ0n) is 10.6. The van der Waals surface area contributed by atoms with Gasteiger partial charge in [-0.15, -0.1) is 0 Å². The molecule has 0 heterocycles. The second-order valence-electron chi connectivity index (χ2n) is 4.48. The lowest BCUT2D eigenvalue weighted by Gasteiger charge is -2.19. The molecule has 0 amide bonds. The Hall–Kier alpha value is -1.02. The van der Waals surface area contributed by atoms with Crippen LogP contribution in [0.15, 0.2) is 24.3 Å². The van der Waals surface area contributed by atoms with Gasteiger partial charge in [0.25, 0.3) is 0 Å². The van der Waals surface area contributed by atoms with Gasteiger partial charge in [0.2, 0.25) is 0 Å². The molecule has 0 spiro atoms. The van der Waals surface area contributed by atoms with Crippen LogP contribution in [0.5, 0.6) is 5.75 Å². The van der Waals surface area contributed by atoms with Gasteiger partial charge in [-0.05, 0) is 36.5 Å². The first-order valence-electron chi connectivity index (χ1n) is 6.05. The van der Waals surface area contributed by atoms with Crippen LogP contribution in [0.1, 0.15) is 32.3 Å². The highest BCUT2D eigenvalue weighted by Crippen LogP contribution is 2.16. The lowest BCUT2D eigenvalue weighted by molar-refractivity contribution is 0.412.